The van der Waals surface area contributed by atoms with Gasteiger partial charge in [-0.3, -0.25) is 4.68 Å². The molecule has 0 amide bonds. The third-order valence-electron chi connectivity index (χ3n) is 4.06. The second-order valence-corrected chi connectivity index (χ2v) is 5.89. The third kappa shape index (κ3) is 2.50. The standard InChI is InChI=1S/C19H21N3/c1-13(2)16-10-9-15(18-12-21-22(3)19(18)20)11-17(16)14-7-5-4-6-8-14/h4-13H,20H2,1-3H3. The van der Waals surface area contributed by atoms with Gasteiger partial charge in [-0.2, -0.15) is 5.10 Å². The summed E-state index contributed by atoms with van der Waals surface area (Å²) in [5.74, 6) is 1.16. The van der Waals surface area contributed by atoms with Crippen molar-refractivity contribution >= 4 is 5.82 Å². The third-order valence-corrected chi connectivity index (χ3v) is 4.06. The lowest BCUT2D eigenvalue weighted by Gasteiger charge is -2.15. The molecule has 0 saturated heterocycles. The number of nitrogens with zero attached hydrogens (tertiary/aromatic N) is 2. The maximum atomic E-state index is 6.12. The Morgan fingerprint density at radius 1 is 0.955 bits per heavy atom. The molecule has 22 heavy (non-hydrogen) atoms. The first kappa shape index (κ1) is 14.4. The Labute approximate surface area is 131 Å². The molecule has 2 aromatic carbocycles. The fourth-order valence-electron chi connectivity index (χ4n) is 2.76. The predicted molar refractivity (Wildman–Crippen MR) is 92.6 cm³/mol. The van der Waals surface area contributed by atoms with Gasteiger partial charge in [0.2, 0.25) is 0 Å². The van der Waals surface area contributed by atoms with Crippen molar-refractivity contribution in [2.45, 2.75) is 19.8 Å². The molecule has 1 aromatic heterocycles. The number of nitrogens with two attached hydrogens (primary N) is 1. The Hall–Kier alpha value is -2.55. The first-order chi connectivity index (χ1) is 10.6. The SMILES string of the molecule is CC(C)c1ccc(-c2cnn(C)c2N)cc1-c1ccccc1. The minimum Gasteiger partial charge on any atom is -0.383 e. The van der Waals surface area contributed by atoms with E-state index in [1.54, 1.807) is 4.68 Å². The predicted octanol–water partition coefficient (Wildman–Crippen LogP) is 4.46. The number of aromatic nitrogens is 2. The molecule has 0 aliphatic carbocycles. The first-order valence-electron chi connectivity index (χ1n) is 7.55. The maximum Gasteiger partial charge on any atom is 0.129 e. The van der Waals surface area contributed by atoms with E-state index in [4.69, 9.17) is 5.73 Å². The summed E-state index contributed by atoms with van der Waals surface area (Å²) < 4.78 is 1.70. The average molecular weight is 291 g/mol. The van der Waals surface area contributed by atoms with E-state index in [0.29, 0.717) is 11.7 Å². The van der Waals surface area contributed by atoms with Crippen molar-refractivity contribution in [3.8, 4) is 22.3 Å². The van der Waals surface area contributed by atoms with Gasteiger partial charge in [0.05, 0.1) is 6.20 Å². The molecule has 3 nitrogen and oxygen atoms in total. The molecule has 0 spiro atoms. The summed E-state index contributed by atoms with van der Waals surface area (Å²) in [6, 6.07) is 17.0. The highest BCUT2D eigenvalue weighted by Gasteiger charge is 2.13. The molecule has 112 valence electrons. The van der Waals surface area contributed by atoms with Crippen molar-refractivity contribution in [1.29, 1.82) is 0 Å². The van der Waals surface area contributed by atoms with Crippen molar-refractivity contribution in [3.05, 3.63) is 60.3 Å². The summed E-state index contributed by atoms with van der Waals surface area (Å²) >= 11 is 0. The second-order valence-electron chi connectivity index (χ2n) is 5.89. The van der Waals surface area contributed by atoms with E-state index < -0.39 is 0 Å². The van der Waals surface area contributed by atoms with E-state index >= 15 is 0 Å². The van der Waals surface area contributed by atoms with Crippen LogP contribution in [0.25, 0.3) is 22.3 Å². The molecular formula is C19H21N3. The van der Waals surface area contributed by atoms with Crippen molar-refractivity contribution in [2.75, 3.05) is 5.73 Å². The van der Waals surface area contributed by atoms with Crippen LogP contribution in [0.2, 0.25) is 0 Å². The lowest BCUT2D eigenvalue weighted by atomic mass is 9.90. The molecule has 0 atom stereocenters. The van der Waals surface area contributed by atoms with Gasteiger partial charge in [-0.1, -0.05) is 56.3 Å². The molecule has 0 aliphatic heterocycles. The van der Waals surface area contributed by atoms with Gasteiger partial charge in [-0.15, -0.1) is 0 Å². The van der Waals surface area contributed by atoms with Crippen LogP contribution < -0.4 is 5.73 Å². The Morgan fingerprint density at radius 2 is 1.68 bits per heavy atom. The van der Waals surface area contributed by atoms with Gasteiger partial charge < -0.3 is 5.73 Å². The van der Waals surface area contributed by atoms with E-state index in [2.05, 4.69) is 61.4 Å². The summed E-state index contributed by atoms with van der Waals surface area (Å²) in [6.45, 7) is 4.44. The lowest BCUT2D eigenvalue weighted by Crippen LogP contribution is -1.98. The molecule has 0 bridgehead atoms. The molecular weight excluding hydrogens is 270 g/mol. The van der Waals surface area contributed by atoms with Crippen molar-refractivity contribution in [2.24, 2.45) is 7.05 Å². The Kier molecular flexibility index (Phi) is 3.72. The van der Waals surface area contributed by atoms with Gasteiger partial charge in [0.1, 0.15) is 5.82 Å². The number of hydrogen-bond acceptors (Lipinski definition) is 2. The summed E-state index contributed by atoms with van der Waals surface area (Å²) in [5, 5.41) is 4.24. The molecule has 2 N–H and O–H groups in total. The Balaban J connectivity index is 2.18. The zero-order valence-electron chi connectivity index (χ0n) is 13.2. The van der Waals surface area contributed by atoms with E-state index in [9.17, 15) is 0 Å². The number of anilines is 1. The zero-order valence-corrected chi connectivity index (χ0v) is 13.2. The van der Waals surface area contributed by atoms with Crippen LogP contribution in [-0.2, 0) is 7.05 Å². The molecule has 0 fully saturated rings. The van der Waals surface area contributed by atoms with Crippen molar-refractivity contribution in [3.63, 3.8) is 0 Å². The topological polar surface area (TPSA) is 43.8 Å². The van der Waals surface area contributed by atoms with Crippen LogP contribution in [0.5, 0.6) is 0 Å². The van der Waals surface area contributed by atoms with Gasteiger partial charge in [-0.05, 0) is 34.2 Å². The van der Waals surface area contributed by atoms with Crippen molar-refractivity contribution in [1.82, 2.24) is 9.78 Å². The van der Waals surface area contributed by atoms with E-state index in [0.717, 1.165) is 11.1 Å². The smallest absolute Gasteiger partial charge is 0.129 e. The number of rotatable bonds is 3. The van der Waals surface area contributed by atoms with Crippen LogP contribution >= 0.6 is 0 Å². The molecule has 3 aromatic rings. The molecule has 1 heterocycles. The van der Waals surface area contributed by atoms with Gasteiger partial charge in [-0.25, -0.2) is 0 Å². The molecule has 0 aliphatic rings. The highest BCUT2D eigenvalue weighted by atomic mass is 15.3. The van der Waals surface area contributed by atoms with Gasteiger partial charge in [0.15, 0.2) is 0 Å². The van der Waals surface area contributed by atoms with E-state index in [1.165, 1.54) is 16.7 Å². The molecule has 3 heteroatoms. The molecule has 0 radical (unpaired) electrons. The van der Waals surface area contributed by atoms with Crippen LogP contribution in [0.4, 0.5) is 5.82 Å². The number of benzene rings is 2. The fourth-order valence-corrected chi connectivity index (χ4v) is 2.76. The second kappa shape index (κ2) is 5.68. The Morgan fingerprint density at radius 3 is 2.27 bits per heavy atom. The van der Waals surface area contributed by atoms with Gasteiger partial charge in [0.25, 0.3) is 0 Å². The minimum absolute atomic E-state index is 0.468. The van der Waals surface area contributed by atoms with Crippen molar-refractivity contribution < 1.29 is 0 Å². The van der Waals surface area contributed by atoms with Crippen LogP contribution in [0.15, 0.2) is 54.7 Å². The largest absolute Gasteiger partial charge is 0.383 e. The van der Waals surface area contributed by atoms with Crippen LogP contribution in [0.3, 0.4) is 0 Å². The Bertz CT molecular complexity index is 786. The van der Waals surface area contributed by atoms with Gasteiger partial charge >= 0.3 is 0 Å². The lowest BCUT2D eigenvalue weighted by molar-refractivity contribution is 0.779. The number of nitrogen functional groups attached to an aromatic ring is 1. The average Bonchev–Trinajstić information content (AvgIpc) is 2.87. The summed E-state index contributed by atoms with van der Waals surface area (Å²) in [7, 11) is 1.86. The van der Waals surface area contributed by atoms with Crippen LogP contribution in [0, 0.1) is 0 Å². The number of hydrogen-bond donors (Lipinski definition) is 1. The zero-order chi connectivity index (χ0) is 15.7. The monoisotopic (exact) mass is 291 g/mol. The quantitative estimate of drug-likeness (QED) is 0.774. The number of aryl methyl sites for hydroxylation is 1. The normalized spacial score (nSPS) is 11.1. The van der Waals surface area contributed by atoms with E-state index in [1.807, 2.05) is 19.3 Å². The summed E-state index contributed by atoms with van der Waals surface area (Å²) in [4.78, 5) is 0. The van der Waals surface area contributed by atoms with Crippen LogP contribution in [-0.4, -0.2) is 9.78 Å². The molecule has 3 rings (SSSR count). The van der Waals surface area contributed by atoms with Gasteiger partial charge in [0, 0.05) is 12.6 Å². The minimum atomic E-state index is 0.468. The first-order valence-corrected chi connectivity index (χ1v) is 7.55. The summed E-state index contributed by atoms with van der Waals surface area (Å²) in [5.41, 5.74) is 12.0. The maximum absolute atomic E-state index is 6.12. The highest BCUT2D eigenvalue weighted by molar-refractivity contribution is 5.80. The highest BCUT2D eigenvalue weighted by Crippen LogP contribution is 2.34. The summed E-state index contributed by atoms with van der Waals surface area (Å²) in [6.07, 6.45) is 1.83. The van der Waals surface area contributed by atoms with Crippen LogP contribution in [0.1, 0.15) is 25.3 Å². The fraction of sp³-hybridized carbons (Fsp3) is 0.211. The molecule has 0 unspecified atom stereocenters. The molecule has 0 saturated carbocycles. The van der Waals surface area contributed by atoms with E-state index in [-0.39, 0.29) is 0 Å².